The van der Waals surface area contributed by atoms with Gasteiger partial charge in [-0.2, -0.15) is 0 Å². The lowest BCUT2D eigenvalue weighted by atomic mass is 10.0. The number of hydrogen-bond acceptors (Lipinski definition) is 4. The zero-order valence-corrected chi connectivity index (χ0v) is 25.0. The Morgan fingerprint density at radius 1 is 0.565 bits per heavy atom. The van der Waals surface area contributed by atoms with Crippen LogP contribution in [0.2, 0.25) is 0 Å². The second-order valence-electron chi connectivity index (χ2n) is 11.7. The van der Waals surface area contributed by atoms with E-state index in [1.54, 1.807) is 0 Å². The van der Waals surface area contributed by atoms with Crippen molar-refractivity contribution in [3.8, 4) is 11.4 Å². The van der Waals surface area contributed by atoms with Gasteiger partial charge < -0.3 is 19.9 Å². The number of fused-ring (bicyclic) bond motifs is 5. The van der Waals surface area contributed by atoms with Crippen molar-refractivity contribution in [2.45, 2.75) is 12.4 Å². The number of hydrogen-bond donors (Lipinski definition) is 2. The second kappa shape index (κ2) is 10.8. The monoisotopic (exact) mass is 594 g/mol. The first-order valence-electron chi connectivity index (χ1n) is 15.6. The number of ether oxygens (including phenoxy) is 1. The van der Waals surface area contributed by atoms with Crippen LogP contribution in [0.3, 0.4) is 0 Å². The summed E-state index contributed by atoms with van der Waals surface area (Å²) in [6, 6.07) is 52.8. The zero-order chi connectivity index (χ0) is 30.5. The van der Waals surface area contributed by atoms with Crippen LogP contribution < -0.4 is 15.4 Å². The first-order chi connectivity index (χ1) is 22.8. The van der Waals surface area contributed by atoms with Gasteiger partial charge in [-0.1, -0.05) is 121 Å². The standard InChI is InChI=1S/C41H30N4O/c1-4-12-27(13-5-1)34-26-35(43-40(42-34)29-14-6-2-7-15-29)28-20-22-31(23-21-28)45-36-19-11-10-18-32(36)38-37(45)25-24-33-39(38)46-41(44-33)30-16-8-3-9-17-30/h1-26,40-41,43-44H. The molecule has 2 atom stereocenters. The molecule has 0 aliphatic carbocycles. The van der Waals surface area contributed by atoms with E-state index < -0.39 is 0 Å². The highest BCUT2D eigenvalue weighted by Crippen LogP contribution is 2.47. The van der Waals surface area contributed by atoms with E-state index in [4.69, 9.17) is 9.73 Å². The molecule has 5 nitrogen and oxygen atoms in total. The van der Waals surface area contributed by atoms with Crippen molar-refractivity contribution in [1.29, 1.82) is 0 Å². The number of para-hydroxylation sites is 1. The molecule has 0 fully saturated rings. The Bertz CT molecular complexity index is 2270. The summed E-state index contributed by atoms with van der Waals surface area (Å²) in [6.45, 7) is 0. The van der Waals surface area contributed by atoms with Crippen LogP contribution in [-0.2, 0) is 0 Å². The first kappa shape index (κ1) is 26.3. The van der Waals surface area contributed by atoms with E-state index in [0.29, 0.717) is 0 Å². The van der Waals surface area contributed by atoms with Gasteiger partial charge in [0.05, 0.1) is 27.8 Å². The van der Waals surface area contributed by atoms with Gasteiger partial charge in [0.15, 0.2) is 12.0 Å². The second-order valence-corrected chi connectivity index (χ2v) is 11.7. The summed E-state index contributed by atoms with van der Waals surface area (Å²) in [5.41, 5.74) is 10.8. The molecule has 0 spiro atoms. The van der Waals surface area contributed by atoms with Gasteiger partial charge in [0.1, 0.15) is 6.17 Å². The molecule has 220 valence electrons. The molecular weight excluding hydrogens is 564 g/mol. The van der Waals surface area contributed by atoms with Crippen molar-refractivity contribution < 1.29 is 4.74 Å². The molecule has 2 N–H and O–H groups in total. The number of rotatable bonds is 5. The molecule has 2 unspecified atom stereocenters. The van der Waals surface area contributed by atoms with Crippen LogP contribution >= 0.6 is 0 Å². The molecule has 0 saturated carbocycles. The third-order valence-electron chi connectivity index (χ3n) is 8.88. The van der Waals surface area contributed by atoms with Crippen molar-refractivity contribution in [2.24, 2.45) is 4.99 Å². The molecule has 0 bridgehead atoms. The summed E-state index contributed by atoms with van der Waals surface area (Å²) in [5, 5.41) is 9.55. The summed E-state index contributed by atoms with van der Waals surface area (Å²) in [4.78, 5) is 5.09. The van der Waals surface area contributed by atoms with Crippen LogP contribution in [0.25, 0.3) is 33.2 Å². The molecule has 0 saturated heterocycles. The molecule has 0 radical (unpaired) electrons. The van der Waals surface area contributed by atoms with Crippen LogP contribution in [-0.4, -0.2) is 10.3 Å². The number of aromatic nitrogens is 1. The Morgan fingerprint density at radius 2 is 1.24 bits per heavy atom. The topological polar surface area (TPSA) is 50.6 Å². The zero-order valence-electron chi connectivity index (χ0n) is 25.0. The van der Waals surface area contributed by atoms with Crippen molar-refractivity contribution in [3.63, 3.8) is 0 Å². The molecule has 6 aromatic carbocycles. The predicted molar refractivity (Wildman–Crippen MR) is 187 cm³/mol. The van der Waals surface area contributed by atoms with Crippen LogP contribution in [0.5, 0.6) is 5.75 Å². The normalized spacial score (nSPS) is 17.0. The number of nitrogens with zero attached hydrogens (tertiary/aromatic N) is 2. The lowest BCUT2D eigenvalue weighted by molar-refractivity contribution is 0.263. The Morgan fingerprint density at radius 3 is 2.00 bits per heavy atom. The highest BCUT2D eigenvalue weighted by atomic mass is 16.5. The van der Waals surface area contributed by atoms with Gasteiger partial charge >= 0.3 is 0 Å². The van der Waals surface area contributed by atoms with Gasteiger partial charge in [0.2, 0.25) is 0 Å². The average Bonchev–Trinajstić information content (AvgIpc) is 3.72. The maximum atomic E-state index is 6.60. The molecule has 1 aromatic heterocycles. The number of benzene rings is 6. The minimum Gasteiger partial charge on any atom is -0.464 e. The Hall–Kier alpha value is -6.07. The quantitative estimate of drug-likeness (QED) is 0.209. The minimum absolute atomic E-state index is 0.177. The van der Waals surface area contributed by atoms with Crippen molar-refractivity contribution in [2.75, 3.05) is 5.32 Å². The summed E-state index contributed by atoms with van der Waals surface area (Å²) in [6.07, 6.45) is 1.76. The average molecular weight is 595 g/mol. The van der Waals surface area contributed by atoms with E-state index in [-0.39, 0.29) is 12.4 Å². The van der Waals surface area contributed by atoms with Gasteiger partial charge in [0.25, 0.3) is 0 Å². The molecule has 9 rings (SSSR count). The lowest BCUT2D eigenvalue weighted by Crippen LogP contribution is -2.24. The van der Waals surface area contributed by atoms with Gasteiger partial charge in [-0.05, 0) is 53.1 Å². The molecule has 3 heterocycles. The minimum atomic E-state index is -0.219. The largest absolute Gasteiger partial charge is 0.464 e. The van der Waals surface area contributed by atoms with Crippen LogP contribution in [0.15, 0.2) is 163 Å². The SMILES string of the molecule is C1=C(c2ccc(-n3c4ccccc4c4c5c(ccc43)NC(c3ccccc3)O5)cc2)NC(c2ccccc2)N=C1c1ccccc1. The maximum absolute atomic E-state index is 6.60. The van der Waals surface area contributed by atoms with E-state index in [1.807, 2.05) is 30.3 Å². The Kier molecular flexibility index (Phi) is 6.20. The summed E-state index contributed by atoms with van der Waals surface area (Å²) in [5.74, 6) is 0.897. The van der Waals surface area contributed by atoms with Gasteiger partial charge in [-0.3, -0.25) is 4.99 Å². The number of anilines is 1. The van der Waals surface area contributed by atoms with Crippen LogP contribution in [0.1, 0.15) is 34.6 Å². The van der Waals surface area contributed by atoms with Crippen LogP contribution in [0, 0.1) is 0 Å². The number of nitrogens with one attached hydrogen (secondary N) is 2. The number of allylic oxidation sites excluding steroid dienone is 1. The maximum Gasteiger partial charge on any atom is 0.196 e. The summed E-state index contributed by atoms with van der Waals surface area (Å²) >= 11 is 0. The van der Waals surface area contributed by atoms with Gasteiger partial charge in [-0.15, -0.1) is 0 Å². The summed E-state index contributed by atoms with van der Waals surface area (Å²) < 4.78 is 8.94. The molecular formula is C41H30N4O. The molecule has 2 aliphatic heterocycles. The Balaban J connectivity index is 1.11. The fourth-order valence-corrected chi connectivity index (χ4v) is 6.66. The molecule has 5 heteroatoms. The van der Waals surface area contributed by atoms with E-state index in [2.05, 4.69) is 143 Å². The van der Waals surface area contributed by atoms with Crippen LogP contribution in [0.4, 0.5) is 5.69 Å². The fraction of sp³-hybridized carbons (Fsp3) is 0.0488. The van der Waals surface area contributed by atoms with E-state index in [9.17, 15) is 0 Å². The van der Waals surface area contributed by atoms with Crippen molar-refractivity contribution >= 4 is 38.9 Å². The lowest BCUT2D eigenvalue weighted by Gasteiger charge is -2.25. The molecule has 46 heavy (non-hydrogen) atoms. The van der Waals surface area contributed by atoms with Crippen molar-refractivity contribution in [1.82, 2.24) is 9.88 Å². The van der Waals surface area contributed by atoms with E-state index in [1.165, 1.54) is 5.39 Å². The van der Waals surface area contributed by atoms with Gasteiger partial charge in [-0.25, -0.2) is 0 Å². The fourth-order valence-electron chi connectivity index (χ4n) is 6.66. The number of aliphatic imine (C=N–C) groups is 1. The third kappa shape index (κ3) is 4.44. The predicted octanol–water partition coefficient (Wildman–Crippen LogP) is 9.42. The van der Waals surface area contributed by atoms with E-state index in [0.717, 1.165) is 67.2 Å². The smallest absolute Gasteiger partial charge is 0.196 e. The summed E-state index contributed by atoms with van der Waals surface area (Å²) in [7, 11) is 0. The molecule has 7 aromatic rings. The van der Waals surface area contributed by atoms with Crippen molar-refractivity contribution in [3.05, 3.63) is 180 Å². The Labute approximate surface area is 267 Å². The molecule has 2 aliphatic rings. The highest BCUT2D eigenvalue weighted by Gasteiger charge is 2.28. The molecule has 0 amide bonds. The third-order valence-corrected chi connectivity index (χ3v) is 8.88. The first-order valence-corrected chi connectivity index (χ1v) is 15.6. The highest BCUT2D eigenvalue weighted by molar-refractivity contribution is 6.15. The van der Waals surface area contributed by atoms with E-state index >= 15 is 0 Å². The van der Waals surface area contributed by atoms with Gasteiger partial charge in [0, 0.05) is 22.3 Å².